The van der Waals surface area contributed by atoms with E-state index in [2.05, 4.69) is 28.2 Å². The molecule has 0 bridgehead atoms. The van der Waals surface area contributed by atoms with Gasteiger partial charge in [0.2, 0.25) is 5.91 Å². The minimum absolute atomic E-state index is 0.0400. The highest BCUT2D eigenvalue weighted by molar-refractivity contribution is 9.10. The lowest BCUT2D eigenvalue weighted by atomic mass is 9.87. The van der Waals surface area contributed by atoms with Gasteiger partial charge in [-0.25, -0.2) is 0 Å². The number of halogens is 1. The maximum atomic E-state index is 13.3. The van der Waals surface area contributed by atoms with Crippen LogP contribution in [0.5, 0.6) is 0 Å². The molecule has 2 amide bonds. The second-order valence-electron chi connectivity index (χ2n) is 8.05. The van der Waals surface area contributed by atoms with Crippen LogP contribution in [-0.4, -0.2) is 24.4 Å². The summed E-state index contributed by atoms with van der Waals surface area (Å²) in [6.45, 7) is 2.30. The van der Waals surface area contributed by atoms with Crippen LogP contribution in [0, 0.1) is 5.92 Å². The second-order valence-corrected chi connectivity index (χ2v) is 10.0. The smallest absolute Gasteiger partial charge is 0.265 e. The van der Waals surface area contributed by atoms with E-state index in [4.69, 9.17) is 0 Å². The summed E-state index contributed by atoms with van der Waals surface area (Å²) >= 11 is 4.93. The summed E-state index contributed by atoms with van der Waals surface area (Å²) in [5.41, 5.74) is 1.74. The molecule has 0 atom stereocenters. The number of nitrogens with zero attached hydrogens (tertiary/aromatic N) is 1. The van der Waals surface area contributed by atoms with Crippen LogP contribution < -0.4 is 10.2 Å². The molecule has 30 heavy (non-hydrogen) atoms. The summed E-state index contributed by atoms with van der Waals surface area (Å²) in [5.74, 6) is 0.508. The predicted molar refractivity (Wildman–Crippen MR) is 126 cm³/mol. The van der Waals surface area contributed by atoms with Crippen LogP contribution in [0.2, 0.25) is 0 Å². The number of hydrogen-bond donors (Lipinski definition) is 1. The number of para-hydroxylation sites is 1. The molecule has 4 rings (SSSR count). The Bertz CT molecular complexity index is 983. The average molecular weight is 485 g/mol. The molecule has 1 aliphatic carbocycles. The summed E-state index contributed by atoms with van der Waals surface area (Å²) in [6, 6.07) is 15.8. The molecule has 0 unspecified atom stereocenters. The first-order chi connectivity index (χ1) is 14.5. The van der Waals surface area contributed by atoms with Crippen molar-refractivity contribution in [2.75, 3.05) is 11.4 Å². The number of thioether (sulfide) groups is 1. The van der Waals surface area contributed by atoms with Gasteiger partial charge < -0.3 is 5.32 Å². The summed E-state index contributed by atoms with van der Waals surface area (Å²) in [6.07, 6.45) is 6.21. The number of hydrogen-bond acceptors (Lipinski definition) is 3. The number of rotatable bonds is 4. The zero-order valence-corrected chi connectivity index (χ0v) is 19.3. The van der Waals surface area contributed by atoms with E-state index in [-0.39, 0.29) is 24.4 Å². The van der Waals surface area contributed by atoms with E-state index < -0.39 is 0 Å². The van der Waals surface area contributed by atoms with Gasteiger partial charge in [-0.05, 0) is 67.5 Å². The van der Waals surface area contributed by atoms with Crippen LogP contribution in [0.3, 0.4) is 0 Å². The van der Waals surface area contributed by atoms with Crippen molar-refractivity contribution < 1.29 is 9.59 Å². The molecular weight excluding hydrogens is 460 g/mol. The van der Waals surface area contributed by atoms with E-state index in [1.807, 2.05) is 54.6 Å². The van der Waals surface area contributed by atoms with Gasteiger partial charge in [0.25, 0.3) is 5.91 Å². The monoisotopic (exact) mass is 484 g/mol. The number of carbonyl (C=O) groups excluding carboxylic acids is 2. The number of anilines is 1. The molecule has 4 nitrogen and oxygen atoms in total. The van der Waals surface area contributed by atoms with Gasteiger partial charge in [-0.15, -0.1) is 0 Å². The fourth-order valence-corrected chi connectivity index (χ4v) is 5.46. The van der Waals surface area contributed by atoms with Crippen LogP contribution in [0.25, 0.3) is 6.08 Å². The zero-order valence-electron chi connectivity index (χ0n) is 16.9. The first kappa shape index (κ1) is 21.2. The van der Waals surface area contributed by atoms with Gasteiger partial charge in [0.15, 0.2) is 0 Å². The lowest BCUT2D eigenvalue weighted by molar-refractivity contribution is -0.123. The minimum Gasteiger partial charge on any atom is -0.352 e. The molecule has 1 saturated carbocycles. The number of nitrogens with one attached hydrogen (secondary N) is 1. The van der Waals surface area contributed by atoms with Crippen LogP contribution in [-0.2, 0) is 9.59 Å². The van der Waals surface area contributed by atoms with Gasteiger partial charge in [-0.1, -0.05) is 58.9 Å². The van der Waals surface area contributed by atoms with Crippen molar-refractivity contribution in [2.45, 2.75) is 43.5 Å². The van der Waals surface area contributed by atoms with Crippen molar-refractivity contribution in [1.82, 2.24) is 5.32 Å². The summed E-state index contributed by atoms with van der Waals surface area (Å²) < 4.78 is 0.962. The maximum Gasteiger partial charge on any atom is 0.265 e. The molecule has 1 N–H and O–H groups in total. The highest BCUT2D eigenvalue weighted by Crippen LogP contribution is 2.42. The van der Waals surface area contributed by atoms with Crippen molar-refractivity contribution in [2.24, 2.45) is 5.92 Å². The molecule has 1 aliphatic heterocycles. The number of carbonyl (C=O) groups is 2. The molecule has 0 spiro atoms. The minimum atomic E-state index is -0.133. The summed E-state index contributed by atoms with van der Waals surface area (Å²) in [4.78, 5) is 29.3. The molecule has 0 radical (unpaired) electrons. The Morgan fingerprint density at radius 1 is 1.17 bits per heavy atom. The molecule has 0 aromatic heterocycles. The molecule has 1 fully saturated rings. The quantitative estimate of drug-likeness (QED) is 0.572. The van der Waals surface area contributed by atoms with Crippen LogP contribution in [0.1, 0.15) is 38.2 Å². The molecule has 6 heteroatoms. The molecular formula is C24H25BrN2O2S. The van der Waals surface area contributed by atoms with E-state index in [1.54, 1.807) is 4.90 Å². The second kappa shape index (κ2) is 9.40. The Labute approximate surface area is 190 Å². The molecule has 0 saturated heterocycles. The van der Waals surface area contributed by atoms with Crippen molar-refractivity contribution >= 4 is 51.3 Å². The van der Waals surface area contributed by atoms with Crippen molar-refractivity contribution in [3.05, 3.63) is 63.5 Å². The number of amides is 2. The summed E-state index contributed by atoms with van der Waals surface area (Å²) in [7, 11) is 0. The normalized spacial score (nSPS) is 22.7. The highest BCUT2D eigenvalue weighted by atomic mass is 79.9. The van der Waals surface area contributed by atoms with Gasteiger partial charge in [0.05, 0.1) is 10.6 Å². The fraction of sp³-hybridized carbons (Fsp3) is 0.333. The third kappa shape index (κ3) is 4.98. The maximum absolute atomic E-state index is 13.3. The Hall–Kier alpha value is -2.05. The van der Waals surface area contributed by atoms with Gasteiger partial charge in [0, 0.05) is 15.4 Å². The standard InChI is InChI=1S/C24H25BrN2O2S/c1-16-9-11-19(12-10-16)26-23(28)15-27-20-7-2-3-8-21(20)30-22(24(27)29)14-17-5-4-6-18(25)13-17/h2-8,13-14,16,19H,9-12,15H2,1H3,(H,26,28)/b22-14+. The first-order valence-electron chi connectivity index (χ1n) is 10.3. The van der Waals surface area contributed by atoms with E-state index >= 15 is 0 Å². The van der Waals surface area contributed by atoms with E-state index in [9.17, 15) is 9.59 Å². The SMILES string of the molecule is CC1CCC(NC(=O)CN2C(=O)/C(=C\c3cccc(Br)c3)Sc3ccccc32)CC1. The molecule has 2 aromatic rings. The summed E-state index contributed by atoms with van der Waals surface area (Å²) in [5, 5.41) is 3.14. The van der Waals surface area contributed by atoms with Crippen LogP contribution in [0.15, 0.2) is 62.8 Å². The van der Waals surface area contributed by atoms with Gasteiger partial charge in [0.1, 0.15) is 6.54 Å². The Kier molecular flexibility index (Phi) is 6.64. The Morgan fingerprint density at radius 2 is 1.93 bits per heavy atom. The average Bonchev–Trinajstić information content (AvgIpc) is 2.73. The topological polar surface area (TPSA) is 49.4 Å². The third-order valence-corrected chi connectivity index (χ3v) is 7.23. The van der Waals surface area contributed by atoms with Crippen LogP contribution in [0.4, 0.5) is 5.69 Å². The van der Waals surface area contributed by atoms with Gasteiger partial charge in [-0.3, -0.25) is 14.5 Å². The Morgan fingerprint density at radius 3 is 2.70 bits per heavy atom. The van der Waals surface area contributed by atoms with E-state index in [0.29, 0.717) is 4.91 Å². The fourth-order valence-electron chi connectivity index (χ4n) is 3.99. The molecule has 1 heterocycles. The molecule has 2 aromatic carbocycles. The van der Waals surface area contributed by atoms with Crippen LogP contribution >= 0.6 is 27.7 Å². The van der Waals surface area contributed by atoms with Gasteiger partial charge in [-0.2, -0.15) is 0 Å². The van der Waals surface area contributed by atoms with Crippen molar-refractivity contribution in [3.8, 4) is 0 Å². The highest BCUT2D eigenvalue weighted by Gasteiger charge is 2.31. The predicted octanol–water partition coefficient (Wildman–Crippen LogP) is 5.62. The molecule has 156 valence electrons. The zero-order chi connectivity index (χ0) is 21.1. The van der Waals surface area contributed by atoms with E-state index in [1.165, 1.54) is 11.8 Å². The number of benzene rings is 2. The van der Waals surface area contributed by atoms with Crippen molar-refractivity contribution in [1.29, 1.82) is 0 Å². The first-order valence-corrected chi connectivity index (χ1v) is 12.0. The van der Waals surface area contributed by atoms with Gasteiger partial charge >= 0.3 is 0 Å². The lowest BCUT2D eigenvalue weighted by Crippen LogP contribution is -2.46. The lowest BCUT2D eigenvalue weighted by Gasteiger charge is -2.31. The number of fused-ring (bicyclic) bond motifs is 1. The third-order valence-electron chi connectivity index (χ3n) is 5.66. The van der Waals surface area contributed by atoms with E-state index in [0.717, 1.165) is 52.2 Å². The largest absolute Gasteiger partial charge is 0.352 e. The van der Waals surface area contributed by atoms with Crippen molar-refractivity contribution in [3.63, 3.8) is 0 Å². The molecule has 2 aliphatic rings. The Balaban J connectivity index is 1.55.